The summed E-state index contributed by atoms with van der Waals surface area (Å²) in [5.74, 6) is -1.53. The van der Waals surface area contributed by atoms with Crippen LogP contribution in [0.1, 0.15) is 26.2 Å². The molecule has 0 unspecified atom stereocenters. The van der Waals surface area contributed by atoms with E-state index in [2.05, 4.69) is 0 Å². The first-order valence-corrected chi connectivity index (χ1v) is 5.69. The first kappa shape index (κ1) is 10.6. The average molecular weight is 239 g/mol. The molecule has 1 N–H and O–H groups in total. The lowest BCUT2D eigenvalue weighted by Gasteiger charge is -2.24. The van der Waals surface area contributed by atoms with Gasteiger partial charge in [-0.15, -0.1) is 0 Å². The molecule has 0 radical (unpaired) electrons. The van der Waals surface area contributed by atoms with Crippen molar-refractivity contribution in [1.82, 2.24) is 4.90 Å². The maximum atomic E-state index is 12.1. The molecule has 2 saturated heterocycles. The molecule has 0 aromatic carbocycles. The van der Waals surface area contributed by atoms with Crippen molar-refractivity contribution in [3.05, 3.63) is 0 Å². The molecule has 6 nitrogen and oxygen atoms in total. The summed E-state index contributed by atoms with van der Waals surface area (Å²) in [6, 6.07) is -0.734. The van der Waals surface area contributed by atoms with Gasteiger partial charge in [-0.2, -0.15) is 0 Å². The predicted molar refractivity (Wildman–Crippen MR) is 53.9 cm³/mol. The van der Waals surface area contributed by atoms with E-state index in [0.29, 0.717) is 12.8 Å². The fourth-order valence-electron chi connectivity index (χ4n) is 3.44. The number of piperidine rings is 1. The van der Waals surface area contributed by atoms with E-state index < -0.39 is 24.1 Å². The number of amides is 1. The van der Waals surface area contributed by atoms with Crippen molar-refractivity contribution in [2.45, 2.75) is 43.9 Å². The predicted octanol–water partition coefficient (Wildman–Crippen LogP) is -0.234. The highest BCUT2D eigenvalue weighted by Gasteiger charge is 2.73. The van der Waals surface area contributed by atoms with Crippen LogP contribution in [0, 0.1) is 5.92 Å². The van der Waals surface area contributed by atoms with Gasteiger partial charge in [0.2, 0.25) is 0 Å². The molecular weight excluding hydrogens is 226 g/mol. The molecule has 92 valence electrons. The van der Waals surface area contributed by atoms with Gasteiger partial charge < -0.3 is 14.7 Å². The normalized spacial score (nSPS) is 42.1. The van der Waals surface area contributed by atoms with E-state index in [1.165, 1.54) is 11.8 Å². The molecule has 1 saturated carbocycles. The standard InChI is InChI=1S/C11H13NO5/c1-5(13)17-8-4-11-3-6(11)2-7(10(15)16)12(11)9(8)14/h6-8H,2-4H2,1H3,(H,15,16)/t6-,7-,8-,11+/m1/s1. The Kier molecular flexibility index (Phi) is 1.86. The lowest BCUT2D eigenvalue weighted by Crippen LogP contribution is -2.45. The maximum absolute atomic E-state index is 12.1. The van der Waals surface area contributed by atoms with Gasteiger partial charge in [0.05, 0.1) is 5.54 Å². The fourth-order valence-corrected chi connectivity index (χ4v) is 3.44. The van der Waals surface area contributed by atoms with E-state index in [1.807, 2.05) is 0 Å². The van der Waals surface area contributed by atoms with E-state index in [1.54, 1.807) is 0 Å². The molecule has 2 aliphatic heterocycles. The number of carboxylic acids is 1. The number of rotatable bonds is 2. The summed E-state index contributed by atoms with van der Waals surface area (Å²) in [4.78, 5) is 35.5. The maximum Gasteiger partial charge on any atom is 0.326 e. The molecule has 0 aromatic rings. The molecule has 1 spiro atoms. The van der Waals surface area contributed by atoms with E-state index in [0.717, 1.165) is 6.42 Å². The number of nitrogens with zero attached hydrogens (tertiary/aromatic N) is 1. The Morgan fingerprint density at radius 2 is 2.18 bits per heavy atom. The summed E-state index contributed by atoms with van der Waals surface area (Å²) in [7, 11) is 0. The molecule has 3 aliphatic rings. The number of carbonyl (C=O) groups is 3. The number of carbonyl (C=O) groups excluding carboxylic acids is 2. The second-order valence-corrected chi connectivity index (χ2v) is 5.10. The first-order chi connectivity index (χ1) is 7.95. The SMILES string of the molecule is CC(=O)O[C@@H]1C[C@@]23C[C@H]2C[C@H](C(=O)O)N3C1=O. The van der Waals surface area contributed by atoms with Crippen LogP contribution in [0.4, 0.5) is 0 Å². The Balaban J connectivity index is 1.86. The molecular formula is C11H13NO5. The van der Waals surface area contributed by atoms with Crippen LogP contribution >= 0.6 is 0 Å². The third-order valence-corrected chi connectivity index (χ3v) is 4.14. The Labute approximate surface area is 97.5 Å². The van der Waals surface area contributed by atoms with Gasteiger partial charge in [-0.25, -0.2) is 4.79 Å². The highest BCUT2D eigenvalue weighted by atomic mass is 16.5. The van der Waals surface area contributed by atoms with E-state index in [4.69, 9.17) is 9.84 Å². The second kappa shape index (κ2) is 3.00. The zero-order chi connectivity index (χ0) is 12.4. The van der Waals surface area contributed by atoms with Crippen LogP contribution in [0.2, 0.25) is 0 Å². The van der Waals surface area contributed by atoms with Crippen LogP contribution in [0.25, 0.3) is 0 Å². The fraction of sp³-hybridized carbons (Fsp3) is 0.727. The van der Waals surface area contributed by atoms with Gasteiger partial charge in [0.25, 0.3) is 5.91 Å². The highest BCUT2D eigenvalue weighted by molar-refractivity contribution is 5.92. The zero-order valence-corrected chi connectivity index (χ0v) is 9.38. The quantitative estimate of drug-likeness (QED) is 0.673. The minimum atomic E-state index is -0.964. The van der Waals surface area contributed by atoms with Gasteiger partial charge in [0.15, 0.2) is 6.10 Å². The average Bonchev–Trinajstić information content (AvgIpc) is 2.69. The van der Waals surface area contributed by atoms with Gasteiger partial charge in [-0.3, -0.25) is 9.59 Å². The van der Waals surface area contributed by atoms with E-state index in [9.17, 15) is 14.4 Å². The summed E-state index contributed by atoms with van der Waals surface area (Å²) in [5.41, 5.74) is -0.319. The zero-order valence-electron chi connectivity index (χ0n) is 9.38. The van der Waals surface area contributed by atoms with Crippen LogP contribution in [-0.4, -0.2) is 45.5 Å². The van der Waals surface area contributed by atoms with E-state index in [-0.39, 0.29) is 17.4 Å². The smallest absolute Gasteiger partial charge is 0.326 e. The minimum absolute atomic E-state index is 0.271. The molecule has 2 heterocycles. The van der Waals surface area contributed by atoms with Crippen molar-refractivity contribution in [1.29, 1.82) is 0 Å². The van der Waals surface area contributed by atoms with Crippen LogP contribution in [-0.2, 0) is 19.1 Å². The number of aliphatic carboxylic acids is 1. The van der Waals surface area contributed by atoms with Gasteiger partial charge >= 0.3 is 11.9 Å². The number of hydrogen-bond donors (Lipinski definition) is 1. The van der Waals surface area contributed by atoms with Crippen molar-refractivity contribution in [3.63, 3.8) is 0 Å². The number of carboxylic acid groups (broad SMARTS) is 1. The Morgan fingerprint density at radius 1 is 1.47 bits per heavy atom. The van der Waals surface area contributed by atoms with Gasteiger partial charge in [0.1, 0.15) is 6.04 Å². The summed E-state index contributed by atoms with van der Waals surface area (Å²) in [6.07, 6.45) is 1.06. The lowest BCUT2D eigenvalue weighted by atomic mass is 10.1. The van der Waals surface area contributed by atoms with Crippen molar-refractivity contribution < 1.29 is 24.2 Å². The molecule has 4 atom stereocenters. The summed E-state index contributed by atoms with van der Waals surface area (Å²) < 4.78 is 4.96. The summed E-state index contributed by atoms with van der Waals surface area (Å²) in [6.45, 7) is 1.26. The lowest BCUT2D eigenvalue weighted by molar-refractivity contribution is -0.157. The third kappa shape index (κ3) is 1.23. The van der Waals surface area contributed by atoms with Crippen molar-refractivity contribution in [3.8, 4) is 0 Å². The largest absolute Gasteiger partial charge is 0.480 e. The van der Waals surface area contributed by atoms with Crippen LogP contribution in [0.3, 0.4) is 0 Å². The Morgan fingerprint density at radius 3 is 2.76 bits per heavy atom. The van der Waals surface area contributed by atoms with Crippen molar-refractivity contribution in [2.24, 2.45) is 5.92 Å². The summed E-state index contributed by atoms with van der Waals surface area (Å²) in [5, 5.41) is 9.08. The van der Waals surface area contributed by atoms with Crippen LogP contribution in [0.5, 0.6) is 0 Å². The van der Waals surface area contributed by atoms with Gasteiger partial charge in [0, 0.05) is 13.3 Å². The molecule has 1 aliphatic carbocycles. The molecule has 0 aromatic heterocycles. The number of hydrogen-bond acceptors (Lipinski definition) is 4. The van der Waals surface area contributed by atoms with Crippen molar-refractivity contribution >= 4 is 17.8 Å². The second-order valence-electron chi connectivity index (χ2n) is 5.10. The first-order valence-electron chi connectivity index (χ1n) is 5.69. The summed E-state index contributed by atoms with van der Waals surface area (Å²) >= 11 is 0. The molecule has 3 fully saturated rings. The van der Waals surface area contributed by atoms with Gasteiger partial charge in [-0.05, 0) is 18.8 Å². The van der Waals surface area contributed by atoms with Crippen LogP contribution in [0.15, 0.2) is 0 Å². The van der Waals surface area contributed by atoms with Crippen molar-refractivity contribution in [2.75, 3.05) is 0 Å². The molecule has 17 heavy (non-hydrogen) atoms. The molecule has 0 bridgehead atoms. The third-order valence-electron chi connectivity index (χ3n) is 4.14. The highest BCUT2D eigenvalue weighted by Crippen LogP contribution is 2.63. The molecule has 3 rings (SSSR count). The number of esters is 1. The molecule has 1 amide bonds. The number of ether oxygens (including phenoxy) is 1. The Hall–Kier alpha value is -1.59. The van der Waals surface area contributed by atoms with Crippen LogP contribution < -0.4 is 0 Å². The topological polar surface area (TPSA) is 83.9 Å². The monoisotopic (exact) mass is 239 g/mol. The van der Waals surface area contributed by atoms with Gasteiger partial charge in [-0.1, -0.05) is 0 Å². The molecule has 6 heteroatoms. The van der Waals surface area contributed by atoms with E-state index >= 15 is 0 Å². The Bertz CT molecular complexity index is 434. The minimum Gasteiger partial charge on any atom is -0.480 e.